The zero-order valence-corrected chi connectivity index (χ0v) is 10.3. The molecule has 4 nitrogen and oxygen atoms in total. The second-order valence-electron chi connectivity index (χ2n) is 3.82. The van der Waals surface area contributed by atoms with Crippen molar-refractivity contribution < 1.29 is 14.3 Å². The van der Waals surface area contributed by atoms with E-state index in [4.69, 9.17) is 16.7 Å². The fraction of sp³-hybridized carbons (Fsp3) is 0.167. The molecule has 0 unspecified atom stereocenters. The average Bonchev–Trinajstić information content (AvgIpc) is 2.66. The summed E-state index contributed by atoms with van der Waals surface area (Å²) in [7, 11) is 0. The molecule has 0 fully saturated rings. The molecule has 18 heavy (non-hydrogen) atoms. The Hall–Kier alpha value is -1.88. The first-order valence-corrected chi connectivity index (χ1v) is 5.56. The lowest BCUT2D eigenvalue weighted by molar-refractivity contribution is 0.0685. The number of aromatic carboxylic acids is 1. The summed E-state index contributed by atoms with van der Waals surface area (Å²) in [5.41, 5.74) is 0.563. The van der Waals surface area contributed by atoms with Crippen LogP contribution in [0.4, 0.5) is 4.39 Å². The molecule has 0 radical (unpaired) electrons. The molecule has 0 aliphatic rings. The highest BCUT2D eigenvalue weighted by Crippen LogP contribution is 2.19. The van der Waals surface area contributed by atoms with Gasteiger partial charge >= 0.3 is 5.97 Å². The van der Waals surface area contributed by atoms with Crippen molar-refractivity contribution in [2.75, 3.05) is 0 Å². The van der Waals surface area contributed by atoms with Gasteiger partial charge in [0.15, 0.2) is 0 Å². The van der Waals surface area contributed by atoms with Gasteiger partial charge in [-0.05, 0) is 30.7 Å². The Labute approximate surface area is 108 Å². The fourth-order valence-corrected chi connectivity index (χ4v) is 1.85. The Balaban J connectivity index is 2.42. The number of hydrogen-bond acceptors (Lipinski definition) is 2. The number of carboxylic acids is 1. The van der Waals surface area contributed by atoms with E-state index in [0.717, 1.165) is 0 Å². The fourth-order valence-electron chi connectivity index (χ4n) is 1.67. The molecule has 94 valence electrons. The third-order valence-electron chi connectivity index (χ3n) is 2.61. The van der Waals surface area contributed by atoms with Crippen LogP contribution < -0.4 is 0 Å². The minimum atomic E-state index is -1.08. The predicted molar refractivity (Wildman–Crippen MR) is 64.4 cm³/mol. The highest BCUT2D eigenvalue weighted by atomic mass is 35.5. The van der Waals surface area contributed by atoms with Gasteiger partial charge in [0.05, 0.1) is 12.7 Å². The third-order valence-corrected chi connectivity index (χ3v) is 2.98. The number of aromatic nitrogens is 2. The predicted octanol–water partition coefficient (Wildman–Crippen LogP) is 2.73. The minimum Gasteiger partial charge on any atom is -0.477 e. The molecular weight excluding hydrogens is 259 g/mol. The molecule has 0 saturated heterocycles. The molecule has 0 amide bonds. The quantitative estimate of drug-likeness (QED) is 0.931. The SMILES string of the molecule is Cc1ncc(C(=O)O)n1Cc1cc(F)ccc1Cl. The van der Waals surface area contributed by atoms with Crippen LogP contribution in [0.2, 0.25) is 5.02 Å². The highest BCUT2D eigenvalue weighted by Gasteiger charge is 2.14. The molecule has 0 aliphatic heterocycles. The van der Waals surface area contributed by atoms with E-state index in [2.05, 4.69) is 4.98 Å². The van der Waals surface area contributed by atoms with Crippen molar-refractivity contribution in [1.29, 1.82) is 0 Å². The largest absolute Gasteiger partial charge is 0.477 e. The molecule has 1 aromatic heterocycles. The van der Waals surface area contributed by atoms with E-state index in [1.54, 1.807) is 6.92 Å². The maximum Gasteiger partial charge on any atom is 0.354 e. The Morgan fingerprint density at radius 1 is 1.56 bits per heavy atom. The summed E-state index contributed by atoms with van der Waals surface area (Å²) < 4.78 is 14.6. The van der Waals surface area contributed by atoms with Crippen LogP contribution >= 0.6 is 11.6 Å². The Morgan fingerprint density at radius 2 is 2.28 bits per heavy atom. The second kappa shape index (κ2) is 4.78. The molecule has 0 spiro atoms. The van der Waals surface area contributed by atoms with Crippen LogP contribution in [0.1, 0.15) is 21.9 Å². The number of hydrogen-bond donors (Lipinski definition) is 1. The van der Waals surface area contributed by atoms with E-state index < -0.39 is 11.8 Å². The molecule has 0 bridgehead atoms. The van der Waals surface area contributed by atoms with E-state index >= 15 is 0 Å². The van der Waals surface area contributed by atoms with Crippen LogP contribution in [0.25, 0.3) is 0 Å². The molecule has 1 aromatic carbocycles. The van der Waals surface area contributed by atoms with Crippen molar-refractivity contribution in [3.05, 3.63) is 52.3 Å². The monoisotopic (exact) mass is 268 g/mol. The van der Waals surface area contributed by atoms with Crippen molar-refractivity contribution in [2.24, 2.45) is 0 Å². The maximum atomic E-state index is 13.1. The van der Waals surface area contributed by atoms with E-state index in [-0.39, 0.29) is 12.2 Å². The molecule has 0 aliphatic carbocycles. The van der Waals surface area contributed by atoms with Gasteiger partial charge < -0.3 is 9.67 Å². The Bertz CT molecular complexity index is 610. The zero-order valence-electron chi connectivity index (χ0n) is 9.52. The van der Waals surface area contributed by atoms with Gasteiger partial charge in [-0.1, -0.05) is 11.6 Å². The number of nitrogens with zero attached hydrogens (tertiary/aromatic N) is 2. The van der Waals surface area contributed by atoms with Gasteiger partial charge in [0.25, 0.3) is 0 Å². The maximum absolute atomic E-state index is 13.1. The van der Waals surface area contributed by atoms with E-state index in [0.29, 0.717) is 16.4 Å². The summed E-state index contributed by atoms with van der Waals surface area (Å²) in [6, 6.07) is 3.98. The van der Waals surface area contributed by atoms with Gasteiger partial charge in [-0.25, -0.2) is 14.2 Å². The van der Waals surface area contributed by atoms with Crippen molar-refractivity contribution in [3.63, 3.8) is 0 Å². The summed E-state index contributed by atoms with van der Waals surface area (Å²) in [5.74, 6) is -0.958. The normalized spacial score (nSPS) is 10.6. The number of imidazole rings is 1. The lowest BCUT2D eigenvalue weighted by Crippen LogP contribution is -2.11. The number of carboxylic acid groups (broad SMARTS) is 1. The van der Waals surface area contributed by atoms with Gasteiger partial charge in [-0.2, -0.15) is 0 Å². The highest BCUT2D eigenvalue weighted by molar-refractivity contribution is 6.31. The van der Waals surface area contributed by atoms with Crippen LogP contribution in [0, 0.1) is 12.7 Å². The first kappa shape index (κ1) is 12.6. The number of halogens is 2. The zero-order chi connectivity index (χ0) is 13.3. The molecular formula is C12H10ClFN2O2. The average molecular weight is 269 g/mol. The van der Waals surface area contributed by atoms with Crippen LogP contribution in [-0.4, -0.2) is 20.6 Å². The lowest BCUT2D eigenvalue weighted by atomic mass is 10.2. The van der Waals surface area contributed by atoms with Crippen LogP contribution in [0.5, 0.6) is 0 Å². The smallest absolute Gasteiger partial charge is 0.354 e. The number of carbonyl (C=O) groups is 1. The summed E-state index contributed by atoms with van der Waals surface area (Å²) >= 11 is 5.95. The molecule has 2 rings (SSSR count). The van der Waals surface area contributed by atoms with Gasteiger partial charge in [0, 0.05) is 5.02 Å². The van der Waals surface area contributed by atoms with Gasteiger partial charge in [0.1, 0.15) is 17.3 Å². The van der Waals surface area contributed by atoms with Crippen LogP contribution in [0.15, 0.2) is 24.4 Å². The Morgan fingerprint density at radius 3 is 2.94 bits per heavy atom. The first-order chi connectivity index (χ1) is 8.49. The summed E-state index contributed by atoms with van der Waals surface area (Å²) in [6.07, 6.45) is 1.27. The molecule has 2 aromatic rings. The van der Waals surface area contributed by atoms with Crippen LogP contribution in [-0.2, 0) is 6.54 Å². The standard InChI is InChI=1S/C12H10ClFN2O2/c1-7-15-5-11(12(17)18)16(7)6-8-4-9(14)2-3-10(8)13/h2-5H,6H2,1H3,(H,17,18). The van der Waals surface area contributed by atoms with Crippen molar-refractivity contribution in [2.45, 2.75) is 13.5 Å². The van der Waals surface area contributed by atoms with Crippen LogP contribution in [0.3, 0.4) is 0 Å². The topological polar surface area (TPSA) is 55.1 Å². The van der Waals surface area contributed by atoms with E-state index in [9.17, 15) is 9.18 Å². The summed E-state index contributed by atoms with van der Waals surface area (Å²) in [6.45, 7) is 1.85. The van der Waals surface area contributed by atoms with E-state index in [1.807, 2.05) is 0 Å². The first-order valence-electron chi connectivity index (χ1n) is 5.18. The lowest BCUT2D eigenvalue weighted by Gasteiger charge is -2.09. The molecule has 6 heteroatoms. The minimum absolute atomic E-state index is 0.0489. The van der Waals surface area contributed by atoms with Crippen molar-refractivity contribution in [3.8, 4) is 0 Å². The number of benzene rings is 1. The van der Waals surface area contributed by atoms with Gasteiger partial charge in [0.2, 0.25) is 0 Å². The van der Waals surface area contributed by atoms with Crippen molar-refractivity contribution >= 4 is 17.6 Å². The van der Waals surface area contributed by atoms with E-state index in [1.165, 1.54) is 29.0 Å². The molecule has 1 N–H and O–H groups in total. The molecule has 0 atom stereocenters. The Kier molecular flexibility index (Phi) is 3.34. The molecule has 1 heterocycles. The second-order valence-corrected chi connectivity index (χ2v) is 4.22. The van der Waals surface area contributed by atoms with Gasteiger partial charge in [-0.15, -0.1) is 0 Å². The molecule has 0 saturated carbocycles. The summed E-state index contributed by atoms with van der Waals surface area (Å²) in [5, 5.41) is 9.40. The van der Waals surface area contributed by atoms with Crippen molar-refractivity contribution in [1.82, 2.24) is 9.55 Å². The number of aryl methyl sites for hydroxylation is 1. The third kappa shape index (κ3) is 2.36. The van der Waals surface area contributed by atoms with Gasteiger partial charge in [-0.3, -0.25) is 0 Å². The number of rotatable bonds is 3. The summed E-state index contributed by atoms with van der Waals surface area (Å²) in [4.78, 5) is 14.9.